The van der Waals surface area contributed by atoms with Gasteiger partial charge in [-0.1, -0.05) is 0 Å². The number of nitrogens with zero attached hydrogens (tertiary/aromatic N) is 1. The Bertz CT molecular complexity index is 505. The fourth-order valence-corrected chi connectivity index (χ4v) is 2.45. The zero-order valence-electron chi connectivity index (χ0n) is 10.3. The molecule has 0 heterocycles. The highest BCUT2D eigenvalue weighted by Crippen LogP contribution is 2.28. The molecule has 1 aromatic rings. The molecule has 0 saturated heterocycles. The highest BCUT2D eigenvalue weighted by molar-refractivity contribution is 5.70. The number of benzene rings is 1. The van der Waals surface area contributed by atoms with Crippen LogP contribution in [0.5, 0.6) is 0 Å². The molecule has 94 valence electrons. The van der Waals surface area contributed by atoms with Crippen LogP contribution in [0.3, 0.4) is 0 Å². The summed E-state index contributed by atoms with van der Waals surface area (Å²) in [4.78, 5) is 10.9. The summed E-state index contributed by atoms with van der Waals surface area (Å²) in [6, 6.07) is 7.96. The number of carboxylic acid groups (broad SMARTS) is 1. The number of anilines is 1. The van der Waals surface area contributed by atoms with Crippen LogP contribution >= 0.6 is 0 Å². The molecule has 4 nitrogen and oxygen atoms in total. The largest absolute Gasteiger partial charge is 0.481 e. The molecule has 2 N–H and O–H groups in total. The number of aliphatic carboxylic acids is 1. The average molecular weight is 244 g/mol. The van der Waals surface area contributed by atoms with Crippen molar-refractivity contribution in [2.24, 2.45) is 5.92 Å². The number of nitrogens with one attached hydrogen (secondary N) is 1. The molecule has 2 unspecified atom stereocenters. The molecule has 0 bridgehead atoms. The summed E-state index contributed by atoms with van der Waals surface area (Å²) in [5.74, 6) is -0.919. The van der Waals surface area contributed by atoms with Crippen molar-refractivity contribution in [3.63, 3.8) is 0 Å². The lowest BCUT2D eigenvalue weighted by Gasteiger charge is -2.14. The summed E-state index contributed by atoms with van der Waals surface area (Å²) < 4.78 is 0. The smallest absolute Gasteiger partial charge is 0.306 e. The van der Waals surface area contributed by atoms with Gasteiger partial charge in [-0.3, -0.25) is 4.79 Å². The Kier molecular flexibility index (Phi) is 3.52. The van der Waals surface area contributed by atoms with Crippen LogP contribution in [-0.4, -0.2) is 17.1 Å². The van der Waals surface area contributed by atoms with Crippen LogP contribution in [0.4, 0.5) is 5.69 Å². The van der Waals surface area contributed by atoms with Crippen LogP contribution in [0.25, 0.3) is 0 Å². The van der Waals surface area contributed by atoms with Crippen molar-refractivity contribution in [2.45, 2.75) is 32.2 Å². The minimum atomic E-state index is -0.699. The Hall–Kier alpha value is -2.02. The molecule has 0 aliphatic heterocycles. The van der Waals surface area contributed by atoms with Crippen LogP contribution in [0.2, 0.25) is 0 Å². The minimum absolute atomic E-state index is 0.220. The van der Waals surface area contributed by atoms with E-state index in [0.29, 0.717) is 12.0 Å². The Balaban J connectivity index is 2.01. The van der Waals surface area contributed by atoms with Crippen LogP contribution < -0.4 is 5.32 Å². The molecule has 0 radical (unpaired) electrons. The number of nitriles is 1. The van der Waals surface area contributed by atoms with E-state index >= 15 is 0 Å². The topological polar surface area (TPSA) is 73.1 Å². The van der Waals surface area contributed by atoms with Gasteiger partial charge in [-0.25, -0.2) is 0 Å². The van der Waals surface area contributed by atoms with Crippen molar-refractivity contribution in [3.05, 3.63) is 29.3 Å². The summed E-state index contributed by atoms with van der Waals surface area (Å²) in [6.07, 6.45) is 2.30. The van der Waals surface area contributed by atoms with Gasteiger partial charge in [-0.2, -0.15) is 5.26 Å². The predicted molar refractivity (Wildman–Crippen MR) is 68.3 cm³/mol. The van der Waals surface area contributed by atoms with E-state index in [4.69, 9.17) is 10.4 Å². The van der Waals surface area contributed by atoms with Gasteiger partial charge in [0.25, 0.3) is 0 Å². The van der Waals surface area contributed by atoms with Crippen molar-refractivity contribution in [1.29, 1.82) is 5.26 Å². The van der Waals surface area contributed by atoms with E-state index in [9.17, 15) is 4.79 Å². The van der Waals surface area contributed by atoms with Crippen LogP contribution in [0.15, 0.2) is 18.2 Å². The third-order valence-electron chi connectivity index (χ3n) is 3.50. The number of aryl methyl sites for hydroxylation is 1. The van der Waals surface area contributed by atoms with Crippen LogP contribution in [0, 0.1) is 24.2 Å². The fourth-order valence-electron chi connectivity index (χ4n) is 2.45. The predicted octanol–water partition coefficient (Wildman–Crippen LogP) is 2.53. The molecule has 0 aromatic heterocycles. The van der Waals surface area contributed by atoms with Gasteiger partial charge in [0.05, 0.1) is 17.6 Å². The number of hydrogen-bond donors (Lipinski definition) is 2. The second kappa shape index (κ2) is 5.09. The van der Waals surface area contributed by atoms with Gasteiger partial charge in [0.2, 0.25) is 0 Å². The third-order valence-corrected chi connectivity index (χ3v) is 3.50. The zero-order chi connectivity index (χ0) is 13.1. The molecule has 4 heteroatoms. The SMILES string of the molecule is Cc1cc(NC2CCC(C(=O)O)C2)ccc1C#N. The van der Waals surface area contributed by atoms with E-state index in [0.717, 1.165) is 24.1 Å². The van der Waals surface area contributed by atoms with Gasteiger partial charge >= 0.3 is 5.97 Å². The van der Waals surface area contributed by atoms with E-state index < -0.39 is 5.97 Å². The van der Waals surface area contributed by atoms with Crippen LogP contribution in [0.1, 0.15) is 30.4 Å². The first-order valence-electron chi connectivity index (χ1n) is 6.10. The van der Waals surface area contributed by atoms with E-state index in [-0.39, 0.29) is 12.0 Å². The first kappa shape index (κ1) is 12.4. The van der Waals surface area contributed by atoms with Gasteiger partial charge in [-0.15, -0.1) is 0 Å². The molecular formula is C14H16N2O2. The number of rotatable bonds is 3. The summed E-state index contributed by atoms with van der Waals surface area (Å²) in [5.41, 5.74) is 2.58. The molecule has 2 rings (SSSR count). The molecular weight excluding hydrogens is 228 g/mol. The maximum Gasteiger partial charge on any atom is 0.306 e. The Labute approximate surface area is 106 Å². The monoisotopic (exact) mass is 244 g/mol. The Morgan fingerprint density at radius 1 is 1.50 bits per heavy atom. The average Bonchev–Trinajstić information content (AvgIpc) is 2.78. The maximum absolute atomic E-state index is 10.9. The van der Waals surface area contributed by atoms with E-state index in [1.54, 1.807) is 6.07 Å². The molecule has 1 aliphatic rings. The van der Waals surface area contributed by atoms with E-state index in [1.165, 1.54) is 0 Å². The zero-order valence-corrected chi connectivity index (χ0v) is 10.3. The van der Waals surface area contributed by atoms with Crippen molar-refractivity contribution < 1.29 is 9.90 Å². The molecule has 2 atom stereocenters. The van der Waals surface area contributed by atoms with Crippen molar-refractivity contribution >= 4 is 11.7 Å². The summed E-state index contributed by atoms with van der Waals surface area (Å²) in [5, 5.41) is 21.1. The van der Waals surface area contributed by atoms with Gasteiger partial charge in [0, 0.05) is 11.7 Å². The molecule has 0 amide bonds. The van der Waals surface area contributed by atoms with Gasteiger partial charge < -0.3 is 10.4 Å². The van der Waals surface area contributed by atoms with Crippen LogP contribution in [-0.2, 0) is 4.79 Å². The Morgan fingerprint density at radius 3 is 2.83 bits per heavy atom. The van der Waals surface area contributed by atoms with Crippen molar-refractivity contribution in [3.8, 4) is 6.07 Å². The number of carboxylic acids is 1. The highest BCUT2D eigenvalue weighted by Gasteiger charge is 2.29. The summed E-state index contributed by atoms with van der Waals surface area (Å²) in [6.45, 7) is 1.90. The van der Waals surface area contributed by atoms with Crippen molar-refractivity contribution in [1.82, 2.24) is 0 Å². The van der Waals surface area contributed by atoms with E-state index in [2.05, 4.69) is 11.4 Å². The lowest BCUT2D eigenvalue weighted by Crippen LogP contribution is -2.17. The molecule has 1 fully saturated rings. The van der Waals surface area contributed by atoms with Gasteiger partial charge in [0.1, 0.15) is 0 Å². The van der Waals surface area contributed by atoms with Gasteiger partial charge in [-0.05, 0) is 49.9 Å². The molecule has 1 aromatic carbocycles. The first-order valence-corrected chi connectivity index (χ1v) is 6.10. The second-order valence-electron chi connectivity index (χ2n) is 4.83. The van der Waals surface area contributed by atoms with Gasteiger partial charge in [0.15, 0.2) is 0 Å². The quantitative estimate of drug-likeness (QED) is 0.857. The number of hydrogen-bond acceptors (Lipinski definition) is 3. The summed E-state index contributed by atoms with van der Waals surface area (Å²) in [7, 11) is 0. The minimum Gasteiger partial charge on any atom is -0.481 e. The standard InChI is InChI=1S/C14H16N2O2/c1-9-6-12(5-3-11(9)8-15)16-13-4-2-10(7-13)14(17)18/h3,5-6,10,13,16H,2,4,7H2,1H3,(H,17,18). The Morgan fingerprint density at radius 2 is 2.28 bits per heavy atom. The molecule has 1 saturated carbocycles. The lowest BCUT2D eigenvalue weighted by atomic mass is 10.1. The summed E-state index contributed by atoms with van der Waals surface area (Å²) >= 11 is 0. The third kappa shape index (κ3) is 2.62. The first-order chi connectivity index (χ1) is 8.60. The highest BCUT2D eigenvalue weighted by atomic mass is 16.4. The maximum atomic E-state index is 10.9. The second-order valence-corrected chi connectivity index (χ2v) is 4.83. The fraction of sp³-hybridized carbons (Fsp3) is 0.429. The molecule has 0 spiro atoms. The van der Waals surface area contributed by atoms with E-state index in [1.807, 2.05) is 19.1 Å². The number of carbonyl (C=O) groups is 1. The van der Waals surface area contributed by atoms with Crippen molar-refractivity contribution in [2.75, 3.05) is 5.32 Å². The molecule has 1 aliphatic carbocycles. The lowest BCUT2D eigenvalue weighted by molar-refractivity contribution is -0.141. The normalized spacial score (nSPS) is 22.4. The molecule has 18 heavy (non-hydrogen) atoms.